The van der Waals surface area contributed by atoms with Crippen LogP contribution in [0.15, 0.2) is 59.9 Å². The van der Waals surface area contributed by atoms with Crippen LogP contribution in [0.5, 0.6) is 0 Å². The first-order valence-electron chi connectivity index (χ1n) is 6.75. The number of aliphatic hydroxyl groups excluding tert-OH is 1. The van der Waals surface area contributed by atoms with Crippen molar-refractivity contribution >= 4 is 10.9 Å². The summed E-state index contributed by atoms with van der Waals surface area (Å²) in [4.78, 5) is 20.4. The highest BCUT2D eigenvalue weighted by Crippen LogP contribution is 2.06. The van der Waals surface area contributed by atoms with Crippen LogP contribution in [0.2, 0.25) is 0 Å². The molecule has 1 atom stereocenters. The molecule has 3 aromatic rings. The third kappa shape index (κ3) is 2.98. The molecule has 21 heavy (non-hydrogen) atoms. The third-order valence-electron chi connectivity index (χ3n) is 3.35. The zero-order valence-electron chi connectivity index (χ0n) is 11.4. The van der Waals surface area contributed by atoms with Crippen LogP contribution in [-0.4, -0.2) is 25.7 Å². The lowest BCUT2D eigenvalue weighted by Crippen LogP contribution is -2.28. The summed E-state index contributed by atoms with van der Waals surface area (Å²) >= 11 is 0. The normalized spacial score (nSPS) is 12.4. The van der Waals surface area contributed by atoms with Gasteiger partial charge in [0.25, 0.3) is 5.56 Å². The van der Waals surface area contributed by atoms with Gasteiger partial charge in [-0.15, -0.1) is 0 Å². The Morgan fingerprint density at radius 2 is 2.00 bits per heavy atom. The van der Waals surface area contributed by atoms with Gasteiger partial charge in [0, 0.05) is 12.6 Å². The standard InChI is InChI=1S/C16H15N3O2/c20-13(8-12-4-2-1-3-5-12)10-19-11-18-15-9-17-7-6-14(15)16(19)21/h1-7,9,11,13,20H,8,10H2/t13-/m1/s1. The molecule has 2 aromatic heterocycles. The van der Waals surface area contributed by atoms with Crippen LogP contribution in [0.3, 0.4) is 0 Å². The Bertz CT molecular complexity index is 799. The first kappa shape index (κ1) is 13.5. The molecule has 0 saturated heterocycles. The molecule has 106 valence electrons. The van der Waals surface area contributed by atoms with Gasteiger partial charge in [0.2, 0.25) is 0 Å². The summed E-state index contributed by atoms with van der Waals surface area (Å²) in [6.45, 7) is 0.221. The lowest BCUT2D eigenvalue weighted by Gasteiger charge is -2.12. The van der Waals surface area contributed by atoms with Gasteiger partial charge in [-0.05, 0) is 11.6 Å². The minimum absolute atomic E-state index is 0.158. The van der Waals surface area contributed by atoms with Gasteiger partial charge < -0.3 is 5.11 Å². The number of pyridine rings is 1. The lowest BCUT2D eigenvalue weighted by molar-refractivity contribution is 0.152. The summed E-state index contributed by atoms with van der Waals surface area (Å²) in [6.07, 6.45) is 4.45. The number of aliphatic hydroxyl groups is 1. The van der Waals surface area contributed by atoms with Gasteiger partial charge in [-0.2, -0.15) is 0 Å². The molecule has 1 N–H and O–H groups in total. The molecule has 5 nitrogen and oxygen atoms in total. The maximum atomic E-state index is 12.3. The van der Waals surface area contributed by atoms with Gasteiger partial charge in [0.15, 0.2) is 0 Å². The highest BCUT2D eigenvalue weighted by Gasteiger charge is 2.10. The van der Waals surface area contributed by atoms with Crippen LogP contribution in [0.4, 0.5) is 0 Å². The molecular weight excluding hydrogens is 266 g/mol. The van der Waals surface area contributed by atoms with Crippen molar-refractivity contribution in [1.82, 2.24) is 14.5 Å². The third-order valence-corrected chi connectivity index (χ3v) is 3.35. The minimum Gasteiger partial charge on any atom is -0.391 e. The quantitative estimate of drug-likeness (QED) is 0.785. The van der Waals surface area contributed by atoms with E-state index >= 15 is 0 Å². The van der Waals surface area contributed by atoms with E-state index in [0.717, 1.165) is 5.56 Å². The van der Waals surface area contributed by atoms with Crippen molar-refractivity contribution in [3.05, 3.63) is 71.0 Å². The van der Waals surface area contributed by atoms with Gasteiger partial charge in [0.05, 0.1) is 36.1 Å². The van der Waals surface area contributed by atoms with Crippen molar-refractivity contribution < 1.29 is 5.11 Å². The van der Waals surface area contributed by atoms with Gasteiger partial charge in [-0.3, -0.25) is 14.3 Å². The Balaban J connectivity index is 1.82. The molecule has 0 aliphatic heterocycles. The Labute approximate surface area is 121 Å². The largest absolute Gasteiger partial charge is 0.391 e. The molecule has 0 aliphatic carbocycles. The molecular formula is C16H15N3O2. The Hall–Kier alpha value is -2.53. The highest BCUT2D eigenvalue weighted by molar-refractivity contribution is 5.75. The average Bonchev–Trinajstić information content (AvgIpc) is 2.51. The predicted octanol–water partition coefficient (Wildman–Crippen LogP) is 1.40. The number of rotatable bonds is 4. The summed E-state index contributed by atoms with van der Waals surface area (Å²) in [6, 6.07) is 11.3. The summed E-state index contributed by atoms with van der Waals surface area (Å²) in [5, 5.41) is 10.7. The number of nitrogens with zero attached hydrogens (tertiary/aromatic N) is 3. The van der Waals surface area contributed by atoms with Crippen LogP contribution in [0.25, 0.3) is 10.9 Å². The van der Waals surface area contributed by atoms with E-state index in [1.54, 1.807) is 18.5 Å². The fraction of sp³-hybridized carbons (Fsp3) is 0.188. The van der Waals surface area contributed by atoms with Crippen molar-refractivity contribution in [1.29, 1.82) is 0 Å². The number of fused-ring (bicyclic) bond motifs is 1. The maximum absolute atomic E-state index is 12.3. The second-order valence-corrected chi connectivity index (χ2v) is 4.94. The second kappa shape index (κ2) is 5.85. The molecule has 0 aliphatic rings. The summed E-state index contributed by atoms with van der Waals surface area (Å²) in [7, 11) is 0. The van der Waals surface area contributed by atoms with Gasteiger partial charge >= 0.3 is 0 Å². The molecule has 1 aromatic carbocycles. The van der Waals surface area contributed by atoms with E-state index in [-0.39, 0.29) is 12.1 Å². The molecule has 0 spiro atoms. The smallest absolute Gasteiger partial charge is 0.261 e. The monoisotopic (exact) mass is 281 g/mol. The zero-order chi connectivity index (χ0) is 14.7. The van der Waals surface area contributed by atoms with Crippen LogP contribution >= 0.6 is 0 Å². The molecule has 0 bridgehead atoms. The van der Waals surface area contributed by atoms with Gasteiger partial charge in [0.1, 0.15) is 0 Å². The fourth-order valence-electron chi connectivity index (χ4n) is 2.32. The van der Waals surface area contributed by atoms with Gasteiger partial charge in [-0.25, -0.2) is 4.98 Å². The Morgan fingerprint density at radius 1 is 1.19 bits per heavy atom. The minimum atomic E-state index is -0.633. The van der Waals surface area contributed by atoms with E-state index in [1.165, 1.54) is 10.9 Å². The molecule has 0 fully saturated rings. The molecule has 0 radical (unpaired) electrons. The number of benzene rings is 1. The van der Waals surface area contributed by atoms with Gasteiger partial charge in [-0.1, -0.05) is 30.3 Å². The van der Waals surface area contributed by atoms with Crippen molar-refractivity contribution in [3.8, 4) is 0 Å². The predicted molar refractivity (Wildman–Crippen MR) is 80.0 cm³/mol. The van der Waals surface area contributed by atoms with Crippen LogP contribution < -0.4 is 5.56 Å². The van der Waals surface area contributed by atoms with Crippen LogP contribution in [-0.2, 0) is 13.0 Å². The molecule has 3 rings (SSSR count). The van der Waals surface area contributed by atoms with Crippen molar-refractivity contribution in [2.45, 2.75) is 19.1 Å². The van der Waals surface area contributed by atoms with E-state index in [0.29, 0.717) is 17.3 Å². The van der Waals surface area contributed by atoms with E-state index in [1.807, 2.05) is 30.3 Å². The Morgan fingerprint density at radius 3 is 2.81 bits per heavy atom. The van der Waals surface area contributed by atoms with Crippen molar-refractivity contribution in [3.63, 3.8) is 0 Å². The molecule has 0 amide bonds. The van der Waals surface area contributed by atoms with E-state index < -0.39 is 6.10 Å². The fourth-order valence-corrected chi connectivity index (χ4v) is 2.32. The summed E-state index contributed by atoms with van der Waals surface area (Å²) in [5.74, 6) is 0. The van der Waals surface area contributed by atoms with E-state index in [9.17, 15) is 9.90 Å². The van der Waals surface area contributed by atoms with Crippen LogP contribution in [0, 0.1) is 0 Å². The molecule has 5 heteroatoms. The van der Waals surface area contributed by atoms with E-state index in [2.05, 4.69) is 9.97 Å². The molecule has 0 saturated carbocycles. The summed E-state index contributed by atoms with van der Waals surface area (Å²) in [5.41, 5.74) is 1.45. The zero-order valence-corrected chi connectivity index (χ0v) is 11.4. The number of hydrogen-bond donors (Lipinski definition) is 1. The summed E-state index contributed by atoms with van der Waals surface area (Å²) < 4.78 is 1.44. The average molecular weight is 281 g/mol. The van der Waals surface area contributed by atoms with E-state index in [4.69, 9.17) is 0 Å². The molecule has 2 heterocycles. The second-order valence-electron chi connectivity index (χ2n) is 4.94. The maximum Gasteiger partial charge on any atom is 0.261 e. The number of hydrogen-bond acceptors (Lipinski definition) is 4. The SMILES string of the molecule is O=c1c2ccncc2ncn1C[C@H](O)Cc1ccccc1. The Kier molecular flexibility index (Phi) is 3.75. The van der Waals surface area contributed by atoms with Crippen molar-refractivity contribution in [2.75, 3.05) is 0 Å². The first-order valence-corrected chi connectivity index (χ1v) is 6.75. The van der Waals surface area contributed by atoms with Crippen LogP contribution in [0.1, 0.15) is 5.56 Å². The topological polar surface area (TPSA) is 68.0 Å². The molecule has 0 unspecified atom stereocenters. The lowest BCUT2D eigenvalue weighted by atomic mass is 10.1. The van der Waals surface area contributed by atoms with Crippen molar-refractivity contribution in [2.24, 2.45) is 0 Å². The first-order chi connectivity index (χ1) is 10.2. The number of aromatic nitrogens is 3. The highest BCUT2D eigenvalue weighted by atomic mass is 16.3.